The molecule has 0 saturated heterocycles. The maximum atomic E-state index is 9.05. The van der Waals surface area contributed by atoms with Crippen molar-refractivity contribution in [3.05, 3.63) is 0 Å². The minimum atomic E-state index is -0.612. The molecule has 0 aliphatic heterocycles. The van der Waals surface area contributed by atoms with Gasteiger partial charge in [0.25, 0.3) is 0 Å². The molecule has 3 nitrogen and oxygen atoms in total. The van der Waals surface area contributed by atoms with E-state index in [1.54, 1.807) is 0 Å². The predicted octanol–water partition coefficient (Wildman–Crippen LogP) is 2.91. The second-order valence-corrected chi connectivity index (χ2v) is 6.03. The number of hydrogen-bond acceptors (Lipinski definition) is 3. The van der Waals surface area contributed by atoms with Gasteiger partial charge < -0.3 is 10.6 Å². The van der Waals surface area contributed by atoms with Gasteiger partial charge in [-0.1, -0.05) is 26.7 Å². The van der Waals surface area contributed by atoms with Gasteiger partial charge >= 0.3 is 0 Å². The highest BCUT2D eigenvalue weighted by molar-refractivity contribution is 5.03. The van der Waals surface area contributed by atoms with Crippen LogP contribution in [0.5, 0.6) is 0 Å². The quantitative estimate of drug-likeness (QED) is 0.789. The average molecular weight is 251 g/mol. The molecule has 18 heavy (non-hydrogen) atoms. The summed E-state index contributed by atoms with van der Waals surface area (Å²) < 4.78 is 0. The molecule has 0 spiro atoms. The van der Waals surface area contributed by atoms with Crippen LogP contribution in [0, 0.1) is 17.2 Å². The maximum Gasteiger partial charge on any atom is 0.104 e. The zero-order valence-corrected chi connectivity index (χ0v) is 12.3. The SMILES string of the molecule is CCC(N)(C#N)CCCN(C)C1CCCCC1C. The van der Waals surface area contributed by atoms with Crippen molar-refractivity contribution in [1.29, 1.82) is 5.26 Å². The lowest BCUT2D eigenvalue weighted by atomic mass is 9.85. The van der Waals surface area contributed by atoms with E-state index in [0.717, 1.165) is 37.8 Å². The normalized spacial score (nSPS) is 27.8. The van der Waals surface area contributed by atoms with Crippen molar-refractivity contribution in [2.24, 2.45) is 11.7 Å². The Hall–Kier alpha value is -0.590. The molecule has 0 radical (unpaired) electrons. The first-order valence-electron chi connectivity index (χ1n) is 7.43. The van der Waals surface area contributed by atoms with E-state index < -0.39 is 5.54 Å². The fourth-order valence-corrected chi connectivity index (χ4v) is 3.07. The van der Waals surface area contributed by atoms with Gasteiger partial charge in [0, 0.05) is 6.04 Å². The van der Waals surface area contributed by atoms with E-state index in [9.17, 15) is 0 Å². The Morgan fingerprint density at radius 1 is 1.39 bits per heavy atom. The number of nitriles is 1. The Morgan fingerprint density at radius 2 is 2.06 bits per heavy atom. The molecular weight excluding hydrogens is 222 g/mol. The first-order valence-corrected chi connectivity index (χ1v) is 7.43. The zero-order chi connectivity index (χ0) is 13.6. The first kappa shape index (κ1) is 15.5. The van der Waals surface area contributed by atoms with Crippen molar-refractivity contribution in [3.63, 3.8) is 0 Å². The fraction of sp³-hybridized carbons (Fsp3) is 0.933. The van der Waals surface area contributed by atoms with E-state index in [2.05, 4.69) is 24.9 Å². The molecule has 0 aromatic heterocycles. The molecule has 0 aromatic carbocycles. The lowest BCUT2D eigenvalue weighted by Crippen LogP contribution is -2.41. The summed E-state index contributed by atoms with van der Waals surface area (Å²) in [5, 5.41) is 9.05. The van der Waals surface area contributed by atoms with E-state index in [1.165, 1.54) is 25.7 Å². The summed E-state index contributed by atoms with van der Waals surface area (Å²) in [6.07, 6.45) is 8.03. The van der Waals surface area contributed by atoms with Crippen molar-refractivity contribution in [2.75, 3.05) is 13.6 Å². The highest BCUT2D eigenvalue weighted by Crippen LogP contribution is 2.27. The molecule has 3 unspecified atom stereocenters. The van der Waals surface area contributed by atoms with E-state index >= 15 is 0 Å². The van der Waals surface area contributed by atoms with Crippen LogP contribution >= 0.6 is 0 Å². The highest BCUT2D eigenvalue weighted by atomic mass is 15.1. The second kappa shape index (κ2) is 7.11. The molecule has 0 heterocycles. The Balaban J connectivity index is 2.32. The minimum absolute atomic E-state index is 0.612. The van der Waals surface area contributed by atoms with E-state index in [1.807, 2.05) is 6.92 Å². The number of nitrogens with two attached hydrogens (primary N) is 1. The third kappa shape index (κ3) is 4.26. The van der Waals surface area contributed by atoms with Gasteiger partial charge in [0.2, 0.25) is 0 Å². The molecule has 1 rings (SSSR count). The smallest absolute Gasteiger partial charge is 0.104 e. The summed E-state index contributed by atoms with van der Waals surface area (Å²) in [7, 11) is 2.23. The molecular formula is C15H29N3. The molecule has 1 saturated carbocycles. The highest BCUT2D eigenvalue weighted by Gasteiger charge is 2.26. The third-order valence-corrected chi connectivity index (χ3v) is 4.62. The fourth-order valence-electron chi connectivity index (χ4n) is 3.07. The molecule has 1 aliphatic carbocycles. The number of rotatable bonds is 6. The van der Waals surface area contributed by atoms with Crippen molar-refractivity contribution in [3.8, 4) is 6.07 Å². The Morgan fingerprint density at radius 3 is 2.61 bits per heavy atom. The predicted molar refractivity (Wildman–Crippen MR) is 76.1 cm³/mol. The van der Waals surface area contributed by atoms with E-state index in [-0.39, 0.29) is 0 Å². The third-order valence-electron chi connectivity index (χ3n) is 4.62. The lowest BCUT2D eigenvalue weighted by molar-refractivity contribution is 0.136. The Labute approximate surface area is 112 Å². The van der Waals surface area contributed by atoms with Crippen LogP contribution in [-0.4, -0.2) is 30.1 Å². The standard InChI is InChI=1S/C15H29N3/c1-4-15(17,12-16)10-7-11-18(3)14-9-6-5-8-13(14)2/h13-14H,4-11,17H2,1-3H3. The summed E-state index contributed by atoms with van der Waals surface area (Å²) in [5.74, 6) is 0.813. The Bertz CT molecular complexity index is 284. The lowest BCUT2D eigenvalue weighted by Gasteiger charge is -2.36. The molecule has 1 fully saturated rings. The number of hydrogen-bond donors (Lipinski definition) is 1. The van der Waals surface area contributed by atoms with Gasteiger partial charge in [-0.05, 0) is 51.6 Å². The van der Waals surface area contributed by atoms with E-state index in [4.69, 9.17) is 11.0 Å². The van der Waals surface area contributed by atoms with Crippen LogP contribution in [-0.2, 0) is 0 Å². The van der Waals surface area contributed by atoms with Crippen LogP contribution in [0.4, 0.5) is 0 Å². The summed E-state index contributed by atoms with van der Waals surface area (Å²) in [6.45, 7) is 5.43. The maximum absolute atomic E-state index is 9.05. The summed E-state index contributed by atoms with van der Waals surface area (Å²) in [4.78, 5) is 2.48. The molecule has 1 aliphatic rings. The van der Waals surface area contributed by atoms with Crippen molar-refractivity contribution in [2.45, 2.75) is 70.4 Å². The van der Waals surface area contributed by atoms with Crippen LogP contribution in [0.1, 0.15) is 58.8 Å². The van der Waals surface area contributed by atoms with Crippen LogP contribution in [0.15, 0.2) is 0 Å². The Kier molecular flexibility index (Phi) is 6.11. The molecule has 2 N–H and O–H groups in total. The van der Waals surface area contributed by atoms with Gasteiger partial charge in [-0.2, -0.15) is 5.26 Å². The molecule has 0 aromatic rings. The van der Waals surface area contributed by atoms with E-state index in [0.29, 0.717) is 0 Å². The van der Waals surface area contributed by atoms with Gasteiger partial charge in [-0.25, -0.2) is 0 Å². The molecule has 3 atom stereocenters. The van der Waals surface area contributed by atoms with Gasteiger partial charge in [-0.15, -0.1) is 0 Å². The average Bonchev–Trinajstić information content (AvgIpc) is 2.39. The van der Waals surface area contributed by atoms with Gasteiger partial charge in [0.15, 0.2) is 0 Å². The first-order chi connectivity index (χ1) is 8.52. The summed E-state index contributed by atoms with van der Waals surface area (Å²) in [5.41, 5.74) is 5.40. The van der Waals surface area contributed by atoms with Crippen molar-refractivity contribution in [1.82, 2.24) is 4.90 Å². The second-order valence-electron chi connectivity index (χ2n) is 6.03. The molecule has 104 valence electrons. The van der Waals surface area contributed by atoms with Gasteiger partial charge in [0.1, 0.15) is 5.54 Å². The van der Waals surface area contributed by atoms with Crippen LogP contribution < -0.4 is 5.73 Å². The topological polar surface area (TPSA) is 53.1 Å². The molecule has 3 heteroatoms. The van der Waals surface area contributed by atoms with Crippen LogP contribution in [0.2, 0.25) is 0 Å². The zero-order valence-electron chi connectivity index (χ0n) is 12.3. The molecule has 0 amide bonds. The van der Waals surface area contributed by atoms with Crippen LogP contribution in [0.3, 0.4) is 0 Å². The number of nitrogens with zero attached hydrogens (tertiary/aromatic N) is 2. The summed E-state index contributed by atoms with van der Waals surface area (Å²) in [6, 6.07) is 2.98. The largest absolute Gasteiger partial charge is 0.313 e. The van der Waals surface area contributed by atoms with Crippen molar-refractivity contribution < 1.29 is 0 Å². The van der Waals surface area contributed by atoms with Gasteiger partial charge in [-0.3, -0.25) is 0 Å². The minimum Gasteiger partial charge on any atom is -0.313 e. The van der Waals surface area contributed by atoms with Gasteiger partial charge in [0.05, 0.1) is 6.07 Å². The van der Waals surface area contributed by atoms with Crippen LogP contribution in [0.25, 0.3) is 0 Å². The monoisotopic (exact) mass is 251 g/mol. The molecule has 0 bridgehead atoms. The summed E-state index contributed by atoms with van der Waals surface area (Å²) >= 11 is 0. The van der Waals surface area contributed by atoms with Crippen molar-refractivity contribution >= 4 is 0 Å².